The van der Waals surface area contributed by atoms with E-state index in [1.54, 1.807) is 16.7 Å². The molecule has 0 saturated carbocycles. The third kappa shape index (κ3) is 2.97. The standard InChI is InChI=1S/C12H21N3O3S/c1-2-10-15(9(7-19-10)11(16)17)12(18)14-5-3-4-8(13)6-14/h8-10H,2-7,13H2,1H3,(H,16,17). The second-order valence-corrected chi connectivity index (χ2v) is 6.30. The van der Waals surface area contributed by atoms with Crippen molar-refractivity contribution in [3.63, 3.8) is 0 Å². The van der Waals surface area contributed by atoms with E-state index in [2.05, 4.69) is 0 Å². The Morgan fingerprint density at radius 3 is 2.79 bits per heavy atom. The van der Waals surface area contributed by atoms with Gasteiger partial charge in [-0.15, -0.1) is 11.8 Å². The van der Waals surface area contributed by atoms with Gasteiger partial charge in [-0.3, -0.25) is 4.90 Å². The van der Waals surface area contributed by atoms with Crippen molar-refractivity contribution in [3.05, 3.63) is 0 Å². The van der Waals surface area contributed by atoms with Gasteiger partial charge in [-0.2, -0.15) is 0 Å². The molecule has 2 fully saturated rings. The number of piperidine rings is 1. The van der Waals surface area contributed by atoms with Crippen LogP contribution in [-0.4, -0.2) is 63.2 Å². The Hall–Kier alpha value is -0.950. The molecule has 2 amide bonds. The molecule has 0 aliphatic carbocycles. The Labute approximate surface area is 117 Å². The predicted molar refractivity (Wildman–Crippen MR) is 74.0 cm³/mol. The number of carboxylic acid groups (broad SMARTS) is 1. The summed E-state index contributed by atoms with van der Waals surface area (Å²) in [4.78, 5) is 27.1. The van der Waals surface area contributed by atoms with E-state index in [1.807, 2.05) is 6.92 Å². The van der Waals surface area contributed by atoms with E-state index in [-0.39, 0.29) is 17.4 Å². The zero-order chi connectivity index (χ0) is 14.0. The maximum Gasteiger partial charge on any atom is 0.327 e. The number of carboxylic acids is 1. The summed E-state index contributed by atoms with van der Waals surface area (Å²) in [5, 5.41) is 9.21. The molecule has 3 unspecified atom stereocenters. The van der Waals surface area contributed by atoms with E-state index in [9.17, 15) is 14.7 Å². The smallest absolute Gasteiger partial charge is 0.327 e. The number of carbonyl (C=O) groups excluding carboxylic acids is 1. The van der Waals surface area contributed by atoms with Gasteiger partial charge in [-0.25, -0.2) is 9.59 Å². The maximum absolute atomic E-state index is 12.5. The zero-order valence-corrected chi connectivity index (χ0v) is 11.9. The van der Waals surface area contributed by atoms with Crippen molar-refractivity contribution in [3.8, 4) is 0 Å². The molecule has 2 saturated heterocycles. The fraction of sp³-hybridized carbons (Fsp3) is 0.833. The van der Waals surface area contributed by atoms with Gasteiger partial charge in [0.1, 0.15) is 6.04 Å². The first-order valence-corrected chi connectivity index (χ1v) is 7.76. The number of hydrogen-bond acceptors (Lipinski definition) is 4. The van der Waals surface area contributed by atoms with Gasteiger partial charge in [0.15, 0.2) is 0 Å². The van der Waals surface area contributed by atoms with Gasteiger partial charge in [0.25, 0.3) is 0 Å². The third-order valence-electron chi connectivity index (χ3n) is 3.68. The second-order valence-electron chi connectivity index (χ2n) is 5.09. The molecule has 0 aromatic carbocycles. The number of rotatable bonds is 2. The van der Waals surface area contributed by atoms with Crippen molar-refractivity contribution in [2.24, 2.45) is 5.73 Å². The Balaban J connectivity index is 2.11. The monoisotopic (exact) mass is 287 g/mol. The largest absolute Gasteiger partial charge is 0.480 e. The topological polar surface area (TPSA) is 86.9 Å². The highest BCUT2D eigenvalue weighted by Gasteiger charge is 2.42. The van der Waals surface area contributed by atoms with Crippen molar-refractivity contribution in [1.29, 1.82) is 0 Å². The average molecular weight is 287 g/mol. The van der Waals surface area contributed by atoms with E-state index < -0.39 is 12.0 Å². The number of aliphatic carboxylic acids is 1. The van der Waals surface area contributed by atoms with Crippen molar-refractivity contribution < 1.29 is 14.7 Å². The van der Waals surface area contributed by atoms with Crippen molar-refractivity contribution in [1.82, 2.24) is 9.80 Å². The van der Waals surface area contributed by atoms with E-state index in [1.165, 1.54) is 4.90 Å². The molecule has 7 heteroatoms. The molecule has 0 aromatic rings. The molecule has 0 aromatic heterocycles. The highest BCUT2D eigenvalue weighted by molar-refractivity contribution is 8.00. The lowest BCUT2D eigenvalue weighted by atomic mass is 10.1. The number of nitrogens with two attached hydrogens (primary N) is 1. The van der Waals surface area contributed by atoms with Crippen LogP contribution in [0.1, 0.15) is 26.2 Å². The number of carbonyl (C=O) groups is 2. The lowest BCUT2D eigenvalue weighted by molar-refractivity contribution is -0.141. The Morgan fingerprint density at radius 1 is 1.47 bits per heavy atom. The fourth-order valence-corrected chi connectivity index (χ4v) is 4.01. The molecule has 0 radical (unpaired) electrons. The minimum Gasteiger partial charge on any atom is -0.480 e. The van der Waals surface area contributed by atoms with E-state index in [4.69, 9.17) is 5.73 Å². The van der Waals surface area contributed by atoms with Gasteiger partial charge in [0.2, 0.25) is 0 Å². The number of thioether (sulfide) groups is 1. The highest BCUT2D eigenvalue weighted by atomic mass is 32.2. The minimum absolute atomic E-state index is 0.0105. The Kier molecular flexibility index (Phi) is 4.57. The van der Waals surface area contributed by atoms with E-state index in [0.29, 0.717) is 18.8 Å². The summed E-state index contributed by atoms with van der Waals surface area (Å²) in [5.41, 5.74) is 5.89. The lowest BCUT2D eigenvalue weighted by Crippen LogP contribution is -2.55. The SMILES string of the molecule is CCC1SCC(C(=O)O)N1C(=O)N1CCCC(N)C1. The second kappa shape index (κ2) is 6.00. The van der Waals surface area contributed by atoms with Crippen LogP contribution >= 0.6 is 11.8 Å². The van der Waals surface area contributed by atoms with Gasteiger partial charge in [-0.05, 0) is 19.3 Å². The number of amides is 2. The van der Waals surface area contributed by atoms with Crippen molar-refractivity contribution in [2.45, 2.75) is 43.6 Å². The first-order valence-electron chi connectivity index (χ1n) is 6.71. The Morgan fingerprint density at radius 2 is 2.21 bits per heavy atom. The summed E-state index contributed by atoms with van der Waals surface area (Å²) in [6.07, 6.45) is 2.58. The van der Waals surface area contributed by atoms with Gasteiger partial charge < -0.3 is 15.7 Å². The van der Waals surface area contributed by atoms with Crippen LogP contribution in [0.2, 0.25) is 0 Å². The summed E-state index contributed by atoms with van der Waals surface area (Å²) in [6, 6.07) is -0.865. The van der Waals surface area contributed by atoms with E-state index in [0.717, 1.165) is 19.3 Å². The van der Waals surface area contributed by atoms with Crippen molar-refractivity contribution >= 4 is 23.8 Å². The number of hydrogen-bond donors (Lipinski definition) is 2. The molecule has 0 bridgehead atoms. The molecule has 2 rings (SSSR count). The molecule has 3 N–H and O–H groups in total. The maximum atomic E-state index is 12.5. The third-order valence-corrected chi connectivity index (χ3v) is 5.13. The average Bonchev–Trinajstić information content (AvgIpc) is 2.81. The summed E-state index contributed by atoms with van der Waals surface area (Å²) in [7, 11) is 0. The normalized spacial score (nSPS) is 31.6. The first kappa shape index (κ1) is 14.5. The molecule has 6 nitrogen and oxygen atoms in total. The summed E-state index contributed by atoms with van der Waals surface area (Å²) < 4.78 is 0. The molecule has 2 aliphatic heterocycles. The lowest BCUT2D eigenvalue weighted by Gasteiger charge is -2.36. The number of nitrogens with zero attached hydrogens (tertiary/aromatic N) is 2. The molecular weight excluding hydrogens is 266 g/mol. The molecule has 19 heavy (non-hydrogen) atoms. The molecule has 3 atom stereocenters. The summed E-state index contributed by atoms with van der Waals surface area (Å²) in [6.45, 7) is 3.18. The van der Waals surface area contributed by atoms with Crippen LogP contribution < -0.4 is 5.73 Å². The molecule has 2 aliphatic rings. The van der Waals surface area contributed by atoms with Crippen LogP contribution in [0.4, 0.5) is 4.79 Å². The first-order chi connectivity index (χ1) is 9.04. The summed E-state index contributed by atoms with van der Waals surface area (Å²) >= 11 is 1.55. The van der Waals surface area contributed by atoms with Gasteiger partial charge >= 0.3 is 12.0 Å². The Bertz CT molecular complexity index is 366. The van der Waals surface area contributed by atoms with Gasteiger partial charge in [0, 0.05) is 24.9 Å². The zero-order valence-electron chi connectivity index (χ0n) is 11.1. The molecule has 2 heterocycles. The molecule has 0 spiro atoms. The molecule has 108 valence electrons. The van der Waals surface area contributed by atoms with Crippen LogP contribution in [-0.2, 0) is 4.79 Å². The minimum atomic E-state index is -0.918. The van der Waals surface area contributed by atoms with Crippen LogP contribution in [0, 0.1) is 0 Å². The van der Waals surface area contributed by atoms with Crippen LogP contribution in [0.5, 0.6) is 0 Å². The quantitative estimate of drug-likeness (QED) is 0.783. The molecular formula is C12H21N3O3S. The number of likely N-dealkylation sites (tertiary alicyclic amines) is 1. The van der Waals surface area contributed by atoms with Gasteiger partial charge in [0.05, 0.1) is 5.37 Å². The summed E-state index contributed by atoms with van der Waals surface area (Å²) in [5.74, 6) is -0.447. The highest BCUT2D eigenvalue weighted by Crippen LogP contribution is 2.32. The van der Waals surface area contributed by atoms with Crippen LogP contribution in [0.15, 0.2) is 0 Å². The predicted octanol–water partition coefficient (Wildman–Crippen LogP) is 0.768. The fourth-order valence-electron chi connectivity index (χ4n) is 2.67. The van der Waals surface area contributed by atoms with Crippen molar-refractivity contribution in [2.75, 3.05) is 18.8 Å². The van der Waals surface area contributed by atoms with Gasteiger partial charge in [-0.1, -0.05) is 6.92 Å². The van der Waals surface area contributed by atoms with E-state index >= 15 is 0 Å². The number of urea groups is 1. The van der Waals surface area contributed by atoms with Crippen LogP contribution in [0.25, 0.3) is 0 Å². The van der Waals surface area contributed by atoms with Crippen LogP contribution in [0.3, 0.4) is 0 Å².